The molecule has 7 nitrogen and oxygen atoms in total. The number of aryl methyl sites for hydroxylation is 1. The zero-order valence-corrected chi connectivity index (χ0v) is 17.5. The molecule has 1 aromatic heterocycles. The summed E-state index contributed by atoms with van der Waals surface area (Å²) in [5.74, 6) is -1.81. The molecule has 0 spiro atoms. The topological polar surface area (TPSA) is 100 Å². The molecule has 2 aromatic carbocycles. The first-order valence-electron chi connectivity index (χ1n) is 9.37. The Kier molecular flexibility index (Phi) is 5.18. The SMILES string of the molecule is Cc1[nH]c(-c2cc(NS(C)(=O)=O)ccc2Oc2ccc(F)cc2F)c2c1C(=O)NCC2. The molecule has 0 atom stereocenters. The molecule has 3 aromatic rings. The van der Waals surface area contributed by atoms with Gasteiger partial charge in [-0.15, -0.1) is 0 Å². The smallest absolute Gasteiger partial charge is 0.253 e. The van der Waals surface area contributed by atoms with E-state index in [0.717, 1.165) is 17.9 Å². The van der Waals surface area contributed by atoms with E-state index >= 15 is 0 Å². The average Bonchev–Trinajstić information content (AvgIpc) is 3.01. The standard InChI is InChI=1S/C21H19F2N3O4S/c1-11-19-14(7-8-24-21(19)27)20(25-11)15-10-13(26-31(2,28)29)4-6-17(15)30-18-5-3-12(22)9-16(18)23/h3-6,9-10,25-26H,7-8H2,1-2H3,(H,24,27). The first-order chi connectivity index (χ1) is 14.6. The highest BCUT2D eigenvalue weighted by Crippen LogP contribution is 2.40. The Balaban J connectivity index is 1.87. The normalized spacial score (nSPS) is 13.5. The average molecular weight is 447 g/mol. The van der Waals surface area contributed by atoms with Gasteiger partial charge in [0.1, 0.15) is 11.6 Å². The van der Waals surface area contributed by atoms with Crippen molar-refractivity contribution >= 4 is 21.6 Å². The van der Waals surface area contributed by atoms with Crippen molar-refractivity contribution in [3.05, 3.63) is 64.9 Å². The van der Waals surface area contributed by atoms with Crippen LogP contribution in [0.25, 0.3) is 11.3 Å². The molecular weight excluding hydrogens is 428 g/mol. The molecule has 0 fully saturated rings. The maximum Gasteiger partial charge on any atom is 0.253 e. The Hall–Kier alpha value is -3.40. The van der Waals surface area contributed by atoms with E-state index in [0.29, 0.717) is 41.5 Å². The van der Waals surface area contributed by atoms with Crippen LogP contribution in [0.1, 0.15) is 21.6 Å². The van der Waals surface area contributed by atoms with E-state index in [1.165, 1.54) is 24.3 Å². The fraction of sp³-hybridized carbons (Fsp3) is 0.190. The first-order valence-corrected chi connectivity index (χ1v) is 11.3. The lowest BCUT2D eigenvalue weighted by Crippen LogP contribution is -2.31. The second-order valence-electron chi connectivity index (χ2n) is 7.25. The molecule has 10 heteroatoms. The van der Waals surface area contributed by atoms with E-state index in [-0.39, 0.29) is 23.1 Å². The molecule has 31 heavy (non-hydrogen) atoms. The van der Waals surface area contributed by atoms with Gasteiger partial charge >= 0.3 is 0 Å². The molecule has 162 valence electrons. The predicted molar refractivity (Wildman–Crippen MR) is 112 cm³/mol. The molecule has 0 radical (unpaired) electrons. The number of ether oxygens (including phenoxy) is 1. The highest BCUT2D eigenvalue weighted by molar-refractivity contribution is 7.92. The van der Waals surface area contributed by atoms with E-state index in [9.17, 15) is 22.0 Å². The number of benzene rings is 2. The van der Waals surface area contributed by atoms with Gasteiger partial charge in [0.2, 0.25) is 10.0 Å². The Morgan fingerprint density at radius 3 is 2.55 bits per heavy atom. The maximum atomic E-state index is 14.2. The zero-order chi connectivity index (χ0) is 22.3. The summed E-state index contributed by atoms with van der Waals surface area (Å²) >= 11 is 0. The molecule has 1 aliphatic rings. The van der Waals surface area contributed by atoms with Gasteiger partial charge in [0, 0.05) is 29.6 Å². The van der Waals surface area contributed by atoms with Crippen LogP contribution in [0.4, 0.5) is 14.5 Å². The van der Waals surface area contributed by atoms with Gasteiger partial charge in [-0.3, -0.25) is 9.52 Å². The Morgan fingerprint density at radius 1 is 1.10 bits per heavy atom. The lowest BCUT2D eigenvalue weighted by atomic mass is 9.97. The van der Waals surface area contributed by atoms with Gasteiger partial charge in [-0.25, -0.2) is 17.2 Å². The number of fused-ring (bicyclic) bond motifs is 1. The summed E-state index contributed by atoms with van der Waals surface area (Å²) in [5, 5.41) is 2.79. The van der Waals surface area contributed by atoms with Crippen LogP contribution < -0.4 is 14.8 Å². The number of carbonyl (C=O) groups excluding carboxylic acids is 1. The van der Waals surface area contributed by atoms with Gasteiger partial charge in [-0.1, -0.05) is 0 Å². The number of rotatable bonds is 5. The second-order valence-corrected chi connectivity index (χ2v) is 8.99. The monoisotopic (exact) mass is 447 g/mol. The molecule has 0 saturated heterocycles. The van der Waals surface area contributed by atoms with Crippen molar-refractivity contribution < 1.29 is 26.7 Å². The van der Waals surface area contributed by atoms with Crippen molar-refractivity contribution in [1.29, 1.82) is 0 Å². The van der Waals surface area contributed by atoms with Crippen LogP contribution in [0.5, 0.6) is 11.5 Å². The van der Waals surface area contributed by atoms with E-state index in [1.807, 2.05) is 0 Å². The summed E-state index contributed by atoms with van der Waals surface area (Å²) in [7, 11) is -3.55. The minimum Gasteiger partial charge on any atom is -0.454 e. The van der Waals surface area contributed by atoms with Crippen molar-refractivity contribution in [2.24, 2.45) is 0 Å². The Morgan fingerprint density at radius 2 is 1.84 bits per heavy atom. The molecular formula is C21H19F2N3O4S. The van der Waals surface area contributed by atoms with Crippen LogP contribution in [0, 0.1) is 18.6 Å². The largest absolute Gasteiger partial charge is 0.454 e. The highest BCUT2D eigenvalue weighted by atomic mass is 32.2. The number of halogens is 2. The summed E-state index contributed by atoms with van der Waals surface area (Å²) in [6.45, 7) is 2.20. The summed E-state index contributed by atoms with van der Waals surface area (Å²) in [6, 6.07) is 7.44. The molecule has 1 amide bonds. The van der Waals surface area contributed by atoms with Gasteiger partial charge in [0.05, 0.1) is 17.5 Å². The van der Waals surface area contributed by atoms with Gasteiger partial charge in [0.15, 0.2) is 11.6 Å². The molecule has 2 heterocycles. The van der Waals surface area contributed by atoms with E-state index in [1.54, 1.807) is 6.92 Å². The van der Waals surface area contributed by atoms with Crippen molar-refractivity contribution in [1.82, 2.24) is 10.3 Å². The summed E-state index contributed by atoms with van der Waals surface area (Å²) in [5.41, 5.74) is 3.17. The third kappa shape index (κ3) is 4.24. The quantitative estimate of drug-likeness (QED) is 0.555. The second kappa shape index (κ2) is 7.69. The Bertz CT molecular complexity index is 1300. The van der Waals surface area contributed by atoms with Crippen LogP contribution in [-0.2, 0) is 16.4 Å². The number of sulfonamides is 1. The minimum absolute atomic E-state index is 0.193. The number of hydrogen-bond acceptors (Lipinski definition) is 4. The lowest BCUT2D eigenvalue weighted by Gasteiger charge is -2.17. The zero-order valence-electron chi connectivity index (χ0n) is 16.7. The predicted octanol–water partition coefficient (Wildman–Crippen LogP) is 3.72. The number of nitrogens with one attached hydrogen (secondary N) is 3. The lowest BCUT2D eigenvalue weighted by molar-refractivity contribution is 0.0946. The molecule has 1 aliphatic heterocycles. The van der Waals surface area contributed by atoms with Crippen LogP contribution in [0.15, 0.2) is 36.4 Å². The number of anilines is 1. The van der Waals surface area contributed by atoms with Gasteiger partial charge in [0.25, 0.3) is 5.91 Å². The molecule has 0 aliphatic carbocycles. The van der Waals surface area contributed by atoms with Crippen molar-refractivity contribution in [2.75, 3.05) is 17.5 Å². The van der Waals surface area contributed by atoms with Crippen LogP contribution in [-0.4, -0.2) is 32.1 Å². The van der Waals surface area contributed by atoms with E-state index < -0.39 is 21.7 Å². The summed E-state index contributed by atoms with van der Waals surface area (Å²) in [6.07, 6.45) is 1.57. The van der Waals surface area contributed by atoms with Crippen LogP contribution in [0.2, 0.25) is 0 Å². The Labute approximate surface area is 177 Å². The highest BCUT2D eigenvalue weighted by Gasteiger charge is 2.27. The third-order valence-electron chi connectivity index (χ3n) is 4.84. The molecule has 4 rings (SSSR count). The molecule has 3 N–H and O–H groups in total. The van der Waals surface area contributed by atoms with E-state index in [4.69, 9.17) is 4.74 Å². The maximum absolute atomic E-state index is 14.2. The third-order valence-corrected chi connectivity index (χ3v) is 5.45. The number of hydrogen-bond donors (Lipinski definition) is 3. The number of H-pyrrole nitrogens is 1. The summed E-state index contributed by atoms with van der Waals surface area (Å²) < 4.78 is 59.0. The van der Waals surface area contributed by atoms with Crippen molar-refractivity contribution in [2.45, 2.75) is 13.3 Å². The van der Waals surface area contributed by atoms with Gasteiger partial charge < -0.3 is 15.0 Å². The van der Waals surface area contributed by atoms with Crippen LogP contribution >= 0.6 is 0 Å². The number of aromatic amines is 1. The first kappa shape index (κ1) is 20.9. The fourth-order valence-corrected chi connectivity index (χ4v) is 4.18. The molecule has 0 bridgehead atoms. The van der Waals surface area contributed by atoms with Gasteiger partial charge in [-0.05, 0) is 49.2 Å². The fourth-order valence-electron chi connectivity index (χ4n) is 3.62. The number of carbonyl (C=O) groups is 1. The minimum atomic E-state index is -3.55. The van der Waals surface area contributed by atoms with Crippen molar-refractivity contribution in [3.8, 4) is 22.8 Å². The van der Waals surface area contributed by atoms with E-state index in [2.05, 4.69) is 15.0 Å². The number of aromatic nitrogens is 1. The molecule has 0 unspecified atom stereocenters. The van der Waals surface area contributed by atoms with Gasteiger partial charge in [-0.2, -0.15) is 0 Å². The summed E-state index contributed by atoms with van der Waals surface area (Å²) in [4.78, 5) is 15.5. The van der Waals surface area contributed by atoms with Crippen molar-refractivity contribution in [3.63, 3.8) is 0 Å². The number of amides is 1. The molecule has 0 saturated carbocycles. The van der Waals surface area contributed by atoms with Crippen LogP contribution in [0.3, 0.4) is 0 Å².